The van der Waals surface area contributed by atoms with Crippen molar-refractivity contribution in [2.75, 3.05) is 24.5 Å². The summed E-state index contributed by atoms with van der Waals surface area (Å²) < 4.78 is 5.14. The number of aromatic nitrogens is 1. The Labute approximate surface area is 144 Å². The highest BCUT2D eigenvalue weighted by Gasteiger charge is 2.15. The second-order valence-electron chi connectivity index (χ2n) is 6.53. The minimum atomic E-state index is -0.516. The monoisotopic (exact) mass is 335 g/mol. The summed E-state index contributed by atoms with van der Waals surface area (Å²) in [4.78, 5) is 30.1. The molecule has 0 atom stereocenters. The van der Waals surface area contributed by atoms with Crippen LogP contribution in [0.2, 0.25) is 0 Å². The van der Waals surface area contributed by atoms with Gasteiger partial charge in [-0.05, 0) is 53.2 Å². The average molecular weight is 335 g/mol. The van der Waals surface area contributed by atoms with Gasteiger partial charge in [-0.2, -0.15) is 0 Å². The van der Waals surface area contributed by atoms with E-state index in [1.165, 1.54) is 0 Å². The van der Waals surface area contributed by atoms with Gasteiger partial charge < -0.3 is 15.0 Å². The summed E-state index contributed by atoms with van der Waals surface area (Å²) in [6.07, 6.45) is 2.09. The van der Waals surface area contributed by atoms with E-state index in [-0.39, 0.29) is 5.78 Å². The zero-order chi connectivity index (χ0) is 18.2. The van der Waals surface area contributed by atoms with Crippen molar-refractivity contribution in [2.45, 2.75) is 53.1 Å². The molecular formula is C18H29N3O3. The summed E-state index contributed by atoms with van der Waals surface area (Å²) >= 11 is 0. The van der Waals surface area contributed by atoms with Crippen LogP contribution in [0.25, 0.3) is 0 Å². The molecule has 0 radical (unpaired) electrons. The predicted molar refractivity (Wildman–Crippen MR) is 95.6 cm³/mol. The number of hydrogen-bond acceptors (Lipinski definition) is 5. The van der Waals surface area contributed by atoms with Crippen LogP contribution in [0.1, 0.15) is 57.8 Å². The highest BCUT2D eigenvalue weighted by Crippen LogP contribution is 2.12. The molecule has 0 aliphatic rings. The molecule has 0 aliphatic heterocycles. The van der Waals surface area contributed by atoms with E-state index in [2.05, 4.69) is 29.0 Å². The number of nitrogens with one attached hydrogen (secondary N) is 1. The Morgan fingerprint density at radius 2 is 1.88 bits per heavy atom. The lowest BCUT2D eigenvalue weighted by atomic mass is 10.1. The number of pyridine rings is 1. The largest absolute Gasteiger partial charge is 0.444 e. The minimum Gasteiger partial charge on any atom is -0.444 e. The van der Waals surface area contributed by atoms with Crippen molar-refractivity contribution in [1.29, 1.82) is 0 Å². The van der Waals surface area contributed by atoms with Crippen LogP contribution in [0.15, 0.2) is 18.3 Å². The number of carbonyl (C=O) groups excluding carboxylic acids is 2. The summed E-state index contributed by atoms with van der Waals surface area (Å²) in [7, 11) is 0. The zero-order valence-electron chi connectivity index (χ0n) is 15.4. The smallest absolute Gasteiger partial charge is 0.407 e. The molecule has 1 heterocycles. The summed E-state index contributed by atoms with van der Waals surface area (Å²) in [6, 6.07) is 3.68. The first-order valence-corrected chi connectivity index (χ1v) is 8.48. The van der Waals surface area contributed by atoms with Crippen molar-refractivity contribution in [2.24, 2.45) is 0 Å². The van der Waals surface area contributed by atoms with E-state index >= 15 is 0 Å². The van der Waals surface area contributed by atoms with Crippen LogP contribution in [0.3, 0.4) is 0 Å². The summed E-state index contributed by atoms with van der Waals surface area (Å²) in [5, 5.41) is 2.65. The topological polar surface area (TPSA) is 71.5 Å². The van der Waals surface area contributed by atoms with E-state index < -0.39 is 11.7 Å². The van der Waals surface area contributed by atoms with Crippen LogP contribution in [0.4, 0.5) is 10.6 Å². The maximum absolute atomic E-state index is 12.1. The van der Waals surface area contributed by atoms with Gasteiger partial charge in [0.2, 0.25) is 0 Å². The first-order valence-electron chi connectivity index (χ1n) is 8.48. The summed E-state index contributed by atoms with van der Waals surface area (Å²) in [5.74, 6) is 0.905. The molecule has 1 N–H and O–H groups in total. The Bertz CT molecular complexity index is 531. The number of alkyl carbamates (subject to hydrolysis) is 1. The molecule has 0 saturated heterocycles. The quantitative estimate of drug-likeness (QED) is 0.582. The molecule has 0 aliphatic carbocycles. The molecule has 1 aromatic rings. The number of carbonyl (C=O) groups is 2. The molecule has 134 valence electrons. The number of anilines is 1. The van der Waals surface area contributed by atoms with Gasteiger partial charge in [-0.3, -0.25) is 4.79 Å². The number of Topliss-reactive ketones (excluding diaryl/α,β-unsaturated/α-hetero) is 1. The lowest BCUT2D eigenvalue weighted by Crippen LogP contribution is -2.33. The maximum Gasteiger partial charge on any atom is 0.407 e. The third-order valence-electron chi connectivity index (χ3n) is 3.41. The Morgan fingerprint density at radius 3 is 2.38 bits per heavy atom. The van der Waals surface area contributed by atoms with Crippen molar-refractivity contribution in [3.8, 4) is 0 Å². The molecule has 6 heteroatoms. The van der Waals surface area contributed by atoms with Gasteiger partial charge in [0.1, 0.15) is 11.4 Å². The van der Waals surface area contributed by atoms with Crippen molar-refractivity contribution in [3.63, 3.8) is 0 Å². The summed E-state index contributed by atoms with van der Waals surface area (Å²) in [5.41, 5.74) is 0.0845. The number of amides is 1. The Hall–Kier alpha value is -2.11. The van der Waals surface area contributed by atoms with E-state index in [9.17, 15) is 9.59 Å². The van der Waals surface area contributed by atoms with Crippen molar-refractivity contribution >= 4 is 17.7 Å². The third-order valence-corrected chi connectivity index (χ3v) is 3.41. The number of rotatable bonds is 8. The molecule has 24 heavy (non-hydrogen) atoms. The lowest BCUT2D eigenvalue weighted by Gasteiger charge is -2.19. The van der Waals surface area contributed by atoms with E-state index in [1.807, 2.05) is 32.9 Å². The fourth-order valence-electron chi connectivity index (χ4n) is 2.18. The van der Waals surface area contributed by atoms with Crippen LogP contribution in [0.5, 0.6) is 0 Å². The molecular weight excluding hydrogens is 306 g/mol. The molecule has 0 unspecified atom stereocenters. The molecule has 0 saturated carbocycles. The Morgan fingerprint density at radius 1 is 1.21 bits per heavy atom. The van der Waals surface area contributed by atoms with Gasteiger partial charge in [0.15, 0.2) is 5.78 Å². The number of nitrogens with zero attached hydrogens (tertiary/aromatic N) is 2. The highest BCUT2D eigenvalue weighted by molar-refractivity contribution is 5.95. The van der Waals surface area contributed by atoms with Gasteiger partial charge in [0, 0.05) is 37.8 Å². The van der Waals surface area contributed by atoms with Gasteiger partial charge in [-0.1, -0.05) is 0 Å². The SMILES string of the molecule is CCN(CC)c1ccc(C(=O)CCCNC(=O)OC(C)(C)C)cn1. The van der Waals surface area contributed by atoms with Crippen LogP contribution >= 0.6 is 0 Å². The van der Waals surface area contributed by atoms with Crippen molar-refractivity contribution in [3.05, 3.63) is 23.9 Å². The van der Waals surface area contributed by atoms with Gasteiger partial charge in [0.05, 0.1) is 0 Å². The lowest BCUT2D eigenvalue weighted by molar-refractivity contribution is 0.0525. The number of ether oxygens (including phenoxy) is 1. The first-order chi connectivity index (χ1) is 11.3. The second kappa shape index (κ2) is 9.25. The third kappa shape index (κ3) is 6.98. The van der Waals surface area contributed by atoms with Gasteiger partial charge in [-0.25, -0.2) is 9.78 Å². The first kappa shape index (κ1) is 19.9. The fourth-order valence-corrected chi connectivity index (χ4v) is 2.18. The molecule has 1 rings (SSSR count). The number of hydrogen-bond donors (Lipinski definition) is 1. The van der Waals surface area contributed by atoms with Crippen molar-refractivity contribution < 1.29 is 14.3 Å². The maximum atomic E-state index is 12.1. The van der Waals surface area contributed by atoms with Crippen LogP contribution in [0, 0.1) is 0 Å². The van der Waals surface area contributed by atoms with E-state index in [0.717, 1.165) is 18.9 Å². The van der Waals surface area contributed by atoms with Crippen molar-refractivity contribution in [1.82, 2.24) is 10.3 Å². The van der Waals surface area contributed by atoms with Gasteiger partial charge in [0.25, 0.3) is 0 Å². The predicted octanol–water partition coefficient (Wildman–Crippen LogP) is 3.42. The molecule has 0 spiro atoms. The molecule has 1 amide bonds. The Kier molecular flexibility index (Phi) is 7.68. The van der Waals surface area contributed by atoms with Gasteiger partial charge in [-0.15, -0.1) is 0 Å². The zero-order valence-corrected chi connectivity index (χ0v) is 15.4. The number of ketones is 1. The molecule has 0 aromatic carbocycles. The van der Waals surface area contributed by atoms with E-state index in [4.69, 9.17) is 4.74 Å². The fraction of sp³-hybridized carbons (Fsp3) is 0.611. The van der Waals surface area contributed by atoms with E-state index in [0.29, 0.717) is 24.9 Å². The molecule has 0 fully saturated rings. The normalized spacial score (nSPS) is 11.0. The minimum absolute atomic E-state index is 0.0274. The van der Waals surface area contributed by atoms with Crippen LogP contribution in [-0.2, 0) is 4.74 Å². The average Bonchev–Trinajstić information content (AvgIpc) is 2.51. The van der Waals surface area contributed by atoms with Gasteiger partial charge >= 0.3 is 6.09 Å². The molecule has 1 aromatic heterocycles. The highest BCUT2D eigenvalue weighted by atomic mass is 16.6. The Balaban J connectivity index is 2.39. The second-order valence-corrected chi connectivity index (χ2v) is 6.53. The van der Waals surface area contributed by atoms with Crippen LogP contribution in [-0.4, -0.2) is 42.1 Å². The summed E-state index contributed by atoms with van der Waals surface area (Å²) in [6.45, 7) is 11.7. The van der Waals surface area contributed by atoms with Crippen LogP contribution < -0.4 is 10.2 Å². The molecule has 0 bridgehead atoms. The molecule has 6 nitrogen and oxygen atoms in total. The standard InChI is InChI=1S/C18H29N3O3/c1-6-21(7-2)16-11-10-14(13-20-16)15(22)9-8-12-19-17(23)24-18(3,4)5/h10-11,13H,6-9,12H2,1-5H3,(H,19,23). The van der Waals surface area contributed by atoms with E-state index in [1.54, 1.807) is 6.20 Å².